The van der Waals surface area contributed by atoms with E-state index in [1.807, 2.05) is 18.7 Å². The zero-order valence-corrected chi connectivity index (χ0v) is 18.2. The van der Waals surface area contributed by atoms with Crippen molar-refractivity contribution < 1.29 is 14.3 Å². The Labute approximate surface area is 175 Å². The molecule has 0 aromatic rings. The van der Waals surface area contributed by atoms with Crippen LogP contribution in [0.2, 0.25) is 0 Å². The third-order valence-corrected chi connectivity index (χ3v) is 5.19. The first-order valence-electron chi connectivity index (χ1n) is 9.62. The molecular weight excluding hydrogens is 391 g/mol. The van der Waals surface area contributed by atoms with Gasteiger partial charge in [0.15, 0.2) is 0 Å². The Morgan fingerprint density at radius 1 is 1.11 bits per heavy atom. The number of nitrogens with two attached hydrogens (primary N) is 1. The molecule has 7 nitrogen and oxygen atoms in total. The highest BCUT2D eigenvalue weighted by Crippen LogP contribution is 2.14. The molecule has 27 heavy (non-hydrogen) atoms. The molecule has 2 rings (SSSR count). The van der Waals surface area contributed by atoms with E-state index in [1.54, 1.807) is 0 Å². The number of nitrogens with zero attached hydrogens (tertiary/aromatic N) is 2. The molecule has 0 saturated carbocycles. The Balaban J connectivity index is 0.00000338. The number of carbonyl (C=O) groups excluding carboxylic acids is 2. The maximum atomic E-state index is 12.2. The molecule has 0 spiro atoms. The van der Waals surface area contributed by atoms with E-state index < -0.39 is 6.04 Å². The van der Waals surface area contributed by atoms with Gasteiger partial charge in [-0.3, -0.25) is 9.59 Å². The average molecular weight is 427 g/mol. The van der Waals surface area contributed by atoms with Gasteiger partial charge < -0.3 is 25.6 Å². The van der Waals surface area contributed by atoms with Crippen LogP contribution in [-0.4, -0.2) is 79.6 Å². The summed E-state index contributed by atoms with van der Waals surface area (Å²) in [6, 6.07) is -0.567. The van der Waals surface area contributed by atoms with Crippen LogP contribution in [0.15, 0.2) is 0 Å². The van der Waals surface area contributed by atoms with Crippen LogP contribution in [0.3, 0.4) is 0 Å². The van der Waals surface area contributed by atoms with Crippen molar-refractivity contribution in [2.75, 3.05) is 45.9 Å². The minimum Gasteiger partial charge on any atom is -0.377 e. The minimum atomic E-state index is -0.567. The summed E-state index contributed by atoms with van der Waals surface area (Å²) < 4.78 is 5.96. The summed E-state index contributed by atoms with van der Waals surface area (Å²) in [5.74, 6) is -0.244. The van der Waals surface area contributed by atoms with E-state index in [0.717, 1.165) is 26.0 Å². The summed E-state index contributed by atoms with van der Waals surface area (Å²) >= 11 is 0. The number of carbonyl (C=O) groups is 2. The maximum Gasteiger partial charge on any atom is 0.241 e. The molecule has 1 atom stereocenters. The smallest absolute Gasteiger partial charge is 0.241 e. The fraction of sp³-hybridized carbons (Fsp3) is 0.889. The molecule has 0 radical (unpaired) electrons. The second-order valence-corrected chi connectivity index (χ2v) is 7.49. The third-order valence-electron chi connectivity index (χ3n) is 5.19. The van der Waals surface area contributed by atoms with Crippen molar-refractivity contribution in [1.29, 1.82) is 0 Å². The number of hydrogen-bond acceptors (Lipinski definition) is 5. The zero-order chi connectivity index (χ0) is 18.2. The second kappa shape index (κ2) is 13.6. The van der Waals surface area contributed by atoms with Crippen molar-refractivity contribution >= 4 is 36.6 Å². The van der Waals surface area contributed by atoms with E-state index in [-0.39, 0.29) is 55.2 Å². The monoisotopic (exact) mass is 426 g/mol. The number of piperidine rings is 1. The van der Waals surface area contributed by atoms with Crippen molar-refractivity contribution in [3.8, 4) is 0 Å². The molecule has 2 saturated heterocycles. The van der Waals surface area contributed by atoms with Gasteiger partial charge in [0.05, 0.1) is 25.3 Å². The van der Waals surface area contributed by atoms with Gasteiger partial charge in [0.2, 0.25) is 11.8 Å². The SMILES string of the molecule is CC(C)[C@H](N)C(=O)NCC(=O)N1CCC(OCCN2CCCC2)CC1.Cl.Cl. The van der Waals surface area contributed by atoms with Gasteiger partial charge >= 0.3 is 0 Å². The fourth-order valence-corrected chi connectivity index (χ4v) is 3.32. The normalized spacial score (nSPS) is 19.3. The first-order valence-corrected chi connectivity index (χ1v) is 9.62. The molecule has 3 N–H and O–H groups in total. The highest BCUT2D eigenvalue weighted by Gasteiger charge is 2.24. The van der Waals surface area contributed by atoms with E-state index >= 15 is 0 Å². The number of rotatable bonds is 8. The number of likely N-dealkylation sites (tertiary alicyclic amines) is 2. The van der Waals surface area contributed by atoms with E-state index in [1.165, 1.54) is 25.9 Å². The summed E-state index contributed by atoms with van der Waals surface area (Å²) in [6.45, 7) is 9.38. The van der Waals surface area contributed by atoms with E-state index in [9.17, 15) is 9.59 Å². The van der Waals surface area contributed by atoms with Crippen LogP contribution in [-0.2, 0) is 14.3 Å². The van der Waals surface area contributed by atoms with Gasteiger partial charge in [-0.1, -0.05) is 13.8 Å². The molecule has 0 bridgehead atoms. The first-order chi connectivity index (χ1) is 12.0. The lowest BCUT2D eigenvalue weighted by molar-refractivity contribution is -0.135. The van der Waals surface area contributed by atoms with Crippen molar-refractivity contribution in [3.63, 3.8) is 0 Å². The molecule has 2 aliphatic heterocycles. The highest BCUT2D eigenvalue weighted by molar-refractivity contribution is 5.87. The number of ether oxygens (including phenoxy) is 1. The lowest BCUT2D eigenvalue weighted by Crippen LogP contribution is -2.49. The molecule has 2 aliphatic rings. The number of halogens is 2. The Kier molecular flexibility index (Phi) is 13.3. The Hall–Kier alpha value is -0.600. The second-order valence-electron chi connectivity index (χ2n) is 7.49. The van der Waals surface area contributed by atoms with Gasteiger partial charge in [-0.2, -0.15) is 0 Å². The summed E-state index contributed by atoms with van der Waals surface area (Å²) in [4.78, 5) is 28.3. The van der Waals surface area contributed by atoms with Crippen LogP contribution in [0.1, 0.15) is 39.5 Å². The Morgan fingerprint density at radius 3 is 2.26 bits per heavy atom. The molecule has 0 unspecified atom stereocenters. The molecule has 2 amide bonds. The molecule has 9 heteroatoms. The van der Waals surface area contributed by atoms with Gasteiger partial charge in [0, 0.05) is 19.6 Å². The van der Waals surface area contributed by atoms with Crippen molar-refractivity contribution in [1.82, 2.24) is 15.1 Å². The van der Waals surface area contributed by atoms with Crippen molar-refractivity contribution in [3.05, 3.63) is 0 Å². The van der Waals surface area contributed by atoms with Gasteiger partial charge in [-0.05, 0) is 44.7 Å². The Morgan fingerprint density at radius 2 is 1.70 bits per heavy atom. The van der Waals surface area contributed by atoms with E-state index in [4.69, 9.17) is 10.5 Å². The highest BCUT2D eigenvalue weighted by atomic mass is 35.5. The number of hydrogen-bond donors (Lipinski definition) is 2. The fourth-order valence-electron chi connectivity index (χ4n) is 3.32. The standard InChI is InChI=1S/C18H34N4O3.2ClH/c1-14(2)17(19)18(24)20-13-16(23)22-9-5-15(6-10-22)25-12-11-21-7-3-4-8-21;;/h14-15,17H,3-13,19H2,1-2H3,(H,20,24);2*1H/t17-;;/m0../s1. The number of nitrogens with one attached hydrogen (secondary N) is 1. The summed E-state index contributed by atoms with van der Waals surface area (Å²) in [5.41, 5.74) is 5.78. The zero-order valence-electron chi connectivity index (χ0n) is 16.5. The lowest BCUT2D eigenvalue weighted by Gasteiger charge is -2.32. The van der Waals surface area contributed by atoms with Crippen LogP contribution < -0.4 is 11.1 Å². The van der Waals surface area contributed by atoms with Gasteiger partial charge in [-0.15, -0.1) is 24.8 Å². The van der Waals surface area contributed by atoms with Gasteiger partial charge in [-0.25, -0.2) is 0 Å². The van der Waals surface area contributed by atoms with Crippen LogP contribution in [0.25, 0.3) is 0 Å². The molecular formula is C18H36Cl2N4O3. The molecule has 0 aromatic heterocycles. The van der Waals surface area contributed by atoms with Gasteiger partial charge in [0.25, 0.3) is 0 Å². The Bertz CT molecular complexity index is 440. The van der Waals surface area contributed by atoms with Gasteiger partial charge in [0.1, 0.15) is 0 Å². The summed E-state index contributed by atoms with van der Waals surface area (Å²) in [7, 11) is 0. The molecule has 2 heterocycles. The quantitative estimate of drug-likeness (QED) is 0.604. The summed E-state index contributed by atoms with van der Waals surface area (Å²) in [6.07, 6.45) is 4.59. The van der Waals surface area contributed by atoms with Crippen LogP contribution in [0.4, 0.5) is 0 Å². The summed E-state index contributed by atoms with van der Waals surface area (Å²) in [5, 5.41) is 2.65. The largest absolute Gasteiger partial charge is 0.377 e. The molecule has 2 fully saturated rings. The topological polar surface area (TPSA) is 87.9 Å². The molecule has 160 valence electrons. The van der Waals surface area contributed by atoms with Crippen molar-refractivity contribution in [2.24, 2.45) is 11.7 Å². The minimum absolute atomic E-state index is 0. The van der Waals surface area contributed by atoms with Crippen molar-refractivity contribution in [2.45, 2.75) is 51.7 Å². The van der Waals surface area contributed by atoms with Crippen LogP contribution in [0, 0.1) is 5.92 Å². The third kappa shape index (κ3) is 8.96. The lowest BCUT2D eigenvalue weighted by atomic mass is 10.1. The molecule has 0 aliphatic carbocycles. The predicted molar refractivity (Wildman–Crippen MR) is 112 cm³/mol. The van der Waals surface area contributed by atoms with Crippen LogP contribution >= 0.6 is 24.8 Å². The first kappa shape index (κ1) is 26.4. The molecule has 0 aromatic carbocycles. The van der Waals surface area contributed by atoms with E-state index in [0.29, 0.717) is 13.1 Å². The predicted octanol–water partition coefficient (Wildman–Crippen LogP) is 1.03. The van der Waals surface area contributed by atoms with Crippen LogP contribution in [0.5, 0.6) is 0 Å². The number of amides is 2. The maximum absolute atomic E-state index is 12.2. The van der Waals surface area contributed by atoms with E-state index in [2.05, 4.69) is 10.2 Å². The average Bonchev–Trinajstić information content (AvgIpc) is 3.12.